The summed E-state index contributed by atoms with van der Waals surface area (Å²) in [4.78, 5) is 15.2. The zero-order chi connectivity index (χ0) is 22.7. The summed E-state index contributed by atoms with van der Waals surface area (Å²) in [5, 5.41) is 6.70. The number of para-hydroxylation sites is 1. The first-order chi connectivity index (χ1) is 15.3. The van der Waals surface area contributed by atoms with Gasteiger partial charge in [-0.15, -0.1) is 0 Å². The molecule has 1 fully saturated rings. The van der Waals surface area contributed by atoms with Gasteiger partial charge in [-0.05, 0) is 30.5 Å². The summed E-state index contributed by atoms with van der Waals surface area (Å²) in [5.41, 5.74) is 0.100. The van der Waals surface area contributed by atoms with E-state index in [1.807, 2.05) is 18.2 Å². The third kappa shape index (κ3) is 5.14. The lowest BCUT2D eigenvalue weighted by Crippen LogP contribution is -2.44. The molecule has 0 bridgehead atoms. The number of likely N-dealkylation sites (tertiary alicyclic amines) is 1. The Balaban J connectivity index is 1.46. The minimum Gasteiger partial charge on any atom is -0.348 e. The standard InChI is InChI=1S/C23H22ClF3N4O/c24-18-8-4-5-9-19(18)31-20(14-21(29-31)23(25,26)27)22(32)28-17-10-12-30(13-11-17)15-16-6-2-1-3-7-16/h1-9,14,17H,10-13,15H2,(H,28,32). The summed E-state index contributed by atoms with van der Waals surface area (Å²) >= 11 is 6.15. The Kier molecular flexibility index (Phi) is 6.53. The van der Waals surface area contributed by atoms with E-state index in [1.54, 1.807) is 12.1 Å². The molecule has 32 heavy (non-hydrogen) atoms. The Morgan fingerprint density at radius 2 is 1.72 bits per heavy atom. The summed E-state index contributed by atoms with van der Waals surface area (Å²) in [7, 11) is 0. The highest BCUT2D eigenvalue weighted by molar-refractivity contribution is 6.32. The first-order valence-electron chi connectivity index (χ1n) is 10.3. The van der Waals surface area contributed by atoms with Gasteiger partial charge in [0.25, 0.3) is 5.91 Å². The largest absolute Gasteiger partial charge is 0.435 e. The monoisotopic (exact) mass is 462 g/mol. The highest BCUT2D eigenvalue weighted by Gasteiger charge is 2.36. The third-order valence-electron chi connectivity index (χ3n) is 5.48. The number of hydrogen-bond acceptors (Lipinski definition) is 3. The van der Waals surface area contributed by atoms with Crippen LogP contribution in [0.15, 0.2) is 60.7 Å². The van der Waals surface area contributed by atoms with Gasteiger partial charge >= 0.3 is 6.18 Å². The van der Waals surface area contributed by atoms with Gasteiger partial charge in [-0.1, -0.05) is 54.1 Å². The molecule has 1 saturated heterocycles. The minimum atomic E-state index is -4.68. The Labute approximate surface area is 188 Å². The molecular formula is C23H22ClF3N4O. The summed E-state index contributed by atoms with van der Waals surface area (Å²) < 4.78 is 40.8. The van der Waals surface area contributed by atoms with E-state index in [0.717, 1.165) is 30.4 Å². The highest BCUT2D eigenvalue weighted by Crippen LogP contribution is 2.31. The first-order valence-corrected chi connectivity index (χ1v) is 10.7. The number of carbonyl (C=O) groups is 1. The lowest BCUT2D eigenvalue weighted by Gasteiger charge is -2.32. The topological polar surface area (TPSA) is 50.2 Å². The molecule has 0 spiro atoms. The molecule has 0 aliphatic carbocycles. The van der Waals surface area contributed by atoms with Crippen molar-refractivity contribution in [3.8, 4) is 5.69 Å². The van der Waals surface area contributed by atoms with Crippen molar-refractivity contribution in [3.05, 3.63) is 82.6 Å². The molecule has 1 N–H and O–H groups in total. The van der Waals surface area contributed by atoms with Crippen molar-refractivity contribution in [2.75, 3.05) is 13.1 Å². The molecule has 5 nitrogen and oxygen atoms in total. The van der Waals surface area contributed by atoms with Crippen molar-refractivity contribution >= 4 is 17.5 Å². The molecule has 2 heterocycles. The predicted octanol–water partition coefficient (Wildman–Crippen LogP) is 4.94. The predicted molar refractivity (Wildman–Crippen MR) is 116 cm³/mol. The fourth-order valence-corrected chi connectivity index (χ4v) is 4.04. The van der Waals surface area contributed by atoms with Crippen LogP contribution in [0, 0.1) is 0 Å². The fraction of sp³-hybridized carbons (Fsp3) is 0.304. The second-order valence-electron chi connectivity index (χ2n) is 7.79. The van der Waals surface area contributed by atoms with E-state index in [4.69, 9.17) is 11.6 Å². The second kappa shape index (κ2) is 9.34. The third-order valence-corrected chi connectivity index (χ3v) is 5.80. The van der Waals surface area contributed by atoms with E-state index in [0.29, 0.717) is 12.8 Å². The van der Waals surface area contributed by atoms with Gasteiger partial charge in [0, 0.05) is 31.7 Å². The van der Waals surface area contributed by atoms with Gasteiger partial charge in [0.15, 0.2) is 5.69 Å². The molecule has 4 rings (SSSR count). The molecular weight excluding hydrogens is 441 g/mol. The zero-order valence-electron chi connectivity index (χ0n) is 17.1. The summed E-state index contributed by atoms with van der Waals surface area (Å²) in [5.74, 6) is -0.602. The number of nitrogens with zero attached hydrogens (tertiary/aromatic N) is 3. The number of piperidine rings is 1. The Morgan fingerprint density at radius 1 is 1.06 bits per heavy atom. The van der Waals surface area contributed by atoms with Crippen LogP contribution in [-0.4, -0.2) is 39.7 Å². The molecule has 3 aromatic rings. The van der Waals surface area contributed by atoms with Crippen molar-refractivity contribution in [3.63, 3.8) is 0 Å². The average molecular weight is 463 g/mol. The van der Waals surface area contributed by atoms with Gasteiger partial charge < -0.3 is 5.32 Å². The molecule has 1 aromatic heterocycles. The smallest absolute Gasteiger partial charge is 0.348 e. The normalized spacial score (nSPS) is 15.6. The number of halogens is 4. The van der Waals surface area contributed by atoms with E-state index >= 15 is 0 Å². The Morgan fingerprint density at radius 3 is 2.38 bits per heavy atom. The van der Waals surface area contributed by atoms with E-state index in [2.05, 4.69) is 27.4 Å². The van der Waals surface area contributed by atoms with Crippen molar-refractivity contribution < 1.29 is 18.0 Å². The molecule has 2 aromatic carbocycles. The molecule has 0 saturated carbocycles. The maximum absolute atomic E-state index is 13.3. The Hall–Kier alpha value is -2.84. The van der Waals surface area contributed by atoms with E-state index in [-0.39, 0.29) is 22.4 Å². The van der Waals surface area contributed by atoms with Gasteiger partial charge in [-0.3, -0.25) is 9.69 Å². The molecule has 1 amide bonds. The van der Waals surface area contributed by atoms with Crippen LogP contribution in [0.25, 0.3) is 5.69 Å². The fourth-order valence-electron chi connectivity index (χ4n) is 3.82. The van der Waals surface area contributed by atoms with E-state index in [9.17, 15) is 18.0 Å². The second-order valence-corrected chi connectivity index (χ2v) is 8.19. The van der Waals surface area contributed by atoms with Crippen LogP contribution >= 0.6 is 11.6 Å². The number of rotatable bonds is 5. The van der Waals surface area contributed by atoms with Crippen molar-refractivity contribution in [1.29, 1.82) is 0 Å². The van der Waals surface area contributed by atoms with Crippen LogP contribution in [0.5, 0.6) is 0 Å². The molecule has 9 heteroatoms. The van der Waals surface area contributed by atoms with E-state index < -0.39 is 17.8 Å². The number of nitrogens with one attached hydrogen (secondary N) is 1. The number of amides is 1. The van der Waals surface area contributed by atoms with Crippen LogP contribution in [0.2, 0.25) is 5.02 Å². The molecule has 168 valence electrons. The van der Waals surface area contributed by atoms with Gasteiger partial charge in [-0.2, -0.15) is 18.3 Å². The maximum atomic E-state index is 13.3. The average Bonchev–Trinajstić information content (AvgIpc) is 3.22. The first kappa shape index (κ1) is 22.4. The Bertz CT molecular complexity index is 1080. The van der Waals surface area contributed by atoms with Crippen LogP contribution in [0.1, 0.15) is 34.6 Å². The molecule has 0 unspecified atom stereocenters. The minimum absolute atomic E-state index is 0.126. The quantitative estimate of drug-likeness (QED) is 0.584. The van der Waals surface area contributed by atoms with Gasteiger partial charge in [0.1, 0.15) is 5.69 Å². The molecule has 1 aliphatic heterocycles. The maximum Gasteiger partial charge on any atom is 0.435 e. The number of benzene rings is 2. The number of aromatic nitrogens is 2. The zero-order valence-corrected chi connectivity index (χ0v) is 17.9. The van der Waals surface area contributed by atoms with Gasteiger partial charge in [-0.25, -0.2) is 4.68 Å². The number of alkyl halides is 3. The molecule has 1 aliphatic rings. The van der Waals surface area contributed by atoms with Crippen LogP contribution < -0.4 is 5.32 Å². The van der Waals surface area contributed by atoms with Crippen LogP contribution in [0.3, 0.4) is 0 Å². The molecule has 0 atom stereocenters. The lowest BCUT2D eigenvalue weighted by molar-refractivity contribution is -0.141. The molecule has 0 radical (unpaired) electrons. The van der Waals surface area contributed by atoms with Gasteiger partial charge in [0.2, 0.25) is 0 Å². The highest BCUT2D eigenvalue weighted by atomic mass is 35.5. The van der Waals surface area contributed by atoms with Crippen LogP contribution in [-0.2, 0) is 12.7 Å². The number of carbonyl (C=O) groups excluding carboxylic acids is 1. The SMILES string of the molecule is O=C(NC1CCN(Cc2ccccc2)CC1)c1cc(C(F)(F)F)nn1-c1ccccc1Cl. The number of hydrogen-bond donors (Lipinski definition) is 1. The summed E-state index contributed by atoms with van der Waals surface area (Å²) in [6, 6.07) is 17.1. The van der Waals surface area contributed by atoms with Crippen molar-refractivity contribution in [1.82, 2.24) is 20.0 Å². The van der Waals surface area contributed by atoms with Crippen molar-refractivity contribution in [2.24, 2.45) is 0 Å². The van der Waals surface area contributed by atoms with E-state index in [1.165, 1.54) is 17.7 Å². The lowest BCUT2D eigenvalue weighted by atomic mass is 10.0. The van der Waals surface area contributed by atoms with Crippen molar-refractivity contribution in [2.45, 2.75) is 31.6 Å². The van der Waals surface area contributed by atoms with Gasteiger partial charge in [0.05, 0.1) is 10.7 Å². The van der Waals surface area contributed by atoms with Crippen LogP contribution in [0.4, 0.5) is 13.2 Å². The summed E-state index contributed by atoms with van der Waals surface area (Å²) in [6.45, 7) is 2.41. The summed E-state index contributed by atoms with van der Waals surface area (Å²) in [6.07, 6.45) is -3.25.